The van der Waals surface area contributed by atoms with Crippen molar-refractivity contribution in [2.75, 3.05) is 20.8 Å². The molecule has 7 nitrogen and oxygen atoms in total. The maximum atomic E-state index is 5.88. The Labute approximate surface area is 217 Å². The summed E-state index contributed by atoms with van der Waals surface area (Å²) < 4.78 is 16.9. The molecule has 0 saturated heterocycles. The summed E-state index contributed by atoms with van der Waals surface area (Å²) in [7, 11) is 3.26. The first kappa shape index (κ1) is 25.7. The summed E-state index contributed by atoms with van der Waals surface area (Å²) in [5.41, 5.74) is 6.14. The molecule has 0 spiro atoms. The summed E-state index contributed by atoms with van der Waals surface area (Å²) in [5.74, 6) is 2.54. The maximum absolute atomic E-state index is 5.88. The zero-order valence-electron chi connectivity index (χ0n) is 21.5. The number of fused-ring (bicyclic) bond motifs is 1. The molecule has 4 aromatic rings. The van der Waals surface area contributed by atoms with Crippen LogP contribution >= 0.6 is 0 Å². The number of pyridine rings is 1. The monoisotopic (exact) mass is 496 g/mol. The first-order valence-corrected chi connectivity index (χ1v) is 12.4. The number of methoxy groups -OCH3 is 2. The Balaban J connectivity index is 1.59. The molecule has 0 amide bonds. The molecule has 0 fully saturated rings. The van der Waals surface area contributed by atoms with Crippen LogP contribution in [0.2, 0.25) is 0 Å². The molecule has 0 radical (unpaired) electrons. The van der Waals surface area contributed by atoms with Crippen molar-refractivity contribution in [1.29, 1.82) is 0 Å². The van der Waals surface area contributed by atoms with Gasteiger partial charge in [0.25, 0.3) is 0 Å². The highest BCUT2D eigenvalue weighted by atomic mass is 16.5. The number of amidine groups is 1. The molecular formula is C30H32N4O3. The predicted molar refractivity (Wildman–Crippen MR) is 150 cm³/mol. The van der Waals surface area contributed by atoms with Gasteiger partial charge in [-0.25, -0.2) is 9.98 Å². The van der Waals surface area contributed by atoms with Gasteiger partial charge in [-0.15, -0.1) is 0 Å². The molecule has 0 aliphatic carbocycles. The van der Waals surface area contributed by atoms with Crippen molar-refractivity contribution in [3.05, 3.63) is 90.1 Å². The second-order valence-electron chi connectivity index (χ2n) is 8.36. The van der Waals surface area contributed by atoms with Crippen LogP contribution in [0.4, 0.5) is 5.69 Å². The molecule has 190 valence electrons. The number of hydrogen-bond donors (Lipinski definition) is 1. The van der Waals surface area contributed by atoms with Crippen molar-refractivity contribution in [2.45, 2.75) is 26.2 Å². The number of para-hydroxylation sites is 3. The van der Waals surface area contributed by atoms with Crippen LogP contribution in [0.3, 0.4) is 0 Å². The van der Waals surface area contributed by atoms with Crippen molar-refractivity contribution >= 4 is 28.6 Å². The molecule has 1 aromatic heterocycles. The summed E-state index contributed by atoms with van der Waals surface area (Å²) in [5, 5.41) is 5.51. The fourth-order valence-electron chi connectivity index (χ4n) is 3.77. The molecule has 7 heteroatoms. The molecule has 4 rings (SSSR count). The van der Waals surface area contributed by atoms with Crippen molar-refractivity contribution < 1.29 is 14.2 Å². The van der Waals surface area contributed by atoms with E-state index in [1.165, 1.54) is 0 Å². The van der Waals surface area contributed by atoms with E-state index >= 15 is 0 Å². The highest BCUT2D eigenvalue weighted by Gasteiger charge is 2.10. The van der Waals surface area contributed by atoms with Gasteiger partial charge < -0.3 is 14.2 Å². The number of hydrogen-bond acceptors (Lipinski definition) is 6. The van der Waals surface area contributed by atoms with Gasteiger partial charge in [0.1, 0.15) is 17.1 Å². The fraction of sp³-hybridized carbons (Fsp3) is 0.233. The SMILES string of the molecule is CCCCCOc1ccc(/C=N/NC(=Nc2ccccc2OC)c2ccc3ccccc3n2)cc1OC. The first-order valence-electron chi connectivity index (χ1n) is 12.4. The van der Waals surface area contributed by atoms with Crippen LogP contribution in [-0.2, 0) is 0 Å². The number of hydrazone groups is 1. The van der Waals surface area contributed by atoms with E-state index in [4.69, 9.17) is 24.2 Å². The molecule has 0 atom stereocenters. The number of rotatable bonds is 11. The highest BCUT2D eigenvalue weighted by molar-refractivity contribution is 6.01. The molecule has 0 unspecified atom stereocenters. The second-order valence-corrected chi connectivity index (χ2v) is 8.36. The Morgan fingerprint density at radius 3 is 2.51 bits per heavy atom. The minimum absolute atomic E-state index is 0.495. The molecule has 1 N–H and O–H groups in total. The fourth-order valence-corrected chi connectivity index (χ4v) is 3.77. The minimum atomic E-state index is 0.495. The highest BCUT2D eigenvalue weighted by Crippen LogP contribution is 2.28. The average molecular weight is 497 g/mol. The topological polar surface area (TPSA) is 77.3 Å². The number of ether oxygens (including phenoxy) is 3. The Bertz CT molecular complexity index is 1380. The summed E-state index contributed by atoms with van der Waals surface area (Å²) in [6.45, 7) is 2.84. The van der Waals surface area contributed by atoms with Crippen LogP contribution < -0.4 is 19.6 Å². The quantitative estimate of drug-likeness (QED) is 0.111. The van der Waals surface area contributed by atoms with E-state index in [1.54, 1.807) is 20.4 Å². The summed E-state index contributed by atoms with van der Waals surface area (Å²) >= 11 is 0. The number of aliphatic imine (C=N–C) groups is 1. The van der Waals surface area contributed by atoms with E-state index in [1.807, 2.05) is 78.9 Å². The van der Waals surface area contributed by atoms with Gasteiger partial charge in [-0.05, 0) is 54.4 Å². The third-order valence-corrected chi connectivity index (χ3v) is 5.74. The van der Waals surface area contributed by atoms with Gasteiger partial charge in [-0.3, -0.25) is 5.43 Å². The Hall–Kier alpha value is -4.39. The van der Waals surface area contributed by atoms with Crippen molar-refractivity contribution in [3.63, 3.8) is 0 Å². The normalized spacial score (nSPS) is 11.6. The van der Waals surface area contributed by atoms with Gasteiger partial charge in [-0.1, -0.05) is 56.2 Å². The minimum Gasteiger partial charge on any atom is -0.494 e. The van der Waals surface area contributed by atoms with Crippen LogP contribution in [-0.4, -0.2) is 37.9 Å². The molecule has 37 heavy (non-hydrogen) atoms. The standard InChI is InChI=1S/C30H32N4O3/c1-4-5-10-19-37-28-18-15-22(20-29(28)36-3)21-31-34-30(33-25-13-8-9-14-27(25)35-2)26-17-16-23-11-6-7-12-24(23)32-26/h6-9,11-18,20-21H,4-5,10,19H2,1-3H3,(H,33,34)/b31-21+. The molecule has 0 aliphatic heterocycles. The smallest absolute Gasteiger partial charge is 0.173 e. The largest absolute Gasteiger partial charge is 0.494 e. The molecular weight excluding hydrogens is 464 g/mol. The number of unbranched alkanes of at least 4 members (excludes halogenated alkanes) is 2. The predicted octanol–water partition coefficient (Wildman–Crippen LogP) is 6.52. The number of nitrogens with one attached hydrogen (secondary N) is 1. The third kappa shape index (κ3) is 6.85. The molecule has 3 aromatic carbocycles. The lowest BCUT2D eigenvalue weighted by atomic mass is 10.2. The third-order valence-electron chi connectivity index (χ3n) is 5.74. The lowest BCUT2D eigenvalue weighted by Gasteiger charge is -2.11. The van der Waals surface area contributed by atoms with Gasteiger partial charge in [-0.2, -0.15) is 5.10 Å². The van der Waals surface area contributed by atoms with E-state index in [9.17, 15) is 0 Å². The number of benzene rings is 3. The summed E-state index contributed by atoms with van der Waals surface area (Å²) in [6.07, 6.45) is 5.02. The number of aromatic nitrogens is 1. The zero-order valence-corrected chi connectivity index (χ0v) is 21.5. The van der Waals surface area contributed by atoms with E-state index in [0.717, 1.165) is 41.5 Å². The van der Waals surface area contributed by atoms with Gasteiger partial charge >= 0.3 is 0 Å². The lowest BCUT2D eigenvalue weighted by molar-refractivity contribution is 0.286. The van der Waals surface area contributed by atoms with Crippen molar-refractivity contribution in [3.8, 4) is 17.2 Å². The van der Waals surface area contributed by atoms with Crippen LogP contribution in [0.5, 0.6) is 17.2 Å². The van der Waals surface area contributed by atoms with E-state index < -0.39 is 0 Å². The second kappa shape index (κ2) is 13.1. The average Bonchev–Trinajstić information content (AvgIpc) is 2.95. The van der Waals surface area contributed by atoms with E-state index in [-0.39, 0.29) is 0 Å². The molecule has 0 bridgehead atoms. The maximum Gasteiger partial charge on any atom is 0.173 e. The molecule has 1 heterocycles. The number of nitrogens with zero attached hydrogens (tertiary/aromatic N) is 3. The van der Waals surface area contributed by atoms with Gasteiger partial charge in [0, 0.05) is 5.39 Å². The molecule has 0 aliphatic rings. The van der Waals surface area contributed by atoms with Crippen molar-refractivity contribution in [2.24, 2.45) is 10.1 Å². The zero-order chi connectivity index (χ0) is 25.9. The first-order chi connectivity index (χ1) is 18.2. The van der Waals surface area contributed by atoms with Crippen LogP contribution in [0, 0.1) is 0 Å². The lowest BCUT2D eigenvalue weighted by Crippen LogP contribution is -2.20. The summed E-state index contributed by atoms with van der Waals surface area (Å²) in [6, 6.07) is 25.2. The van der Waals surface area contributed by atoms with E-state index in [2.05, 4.69) is 17.5 Å². The Kier molecular flexibility index (Phi) is 9.07. The molecule has 0 saturated carbocycles. The Morgan fingerprint density at radius 2 is 1.68 bits per heavy atom. The van der Waals surface area contributed by atoms with Gasteiger partial charge in [0.15, 0.2) is 17.3 Å². The summed E-state index contributed by atoms with van der Waals surface area (Å²) in [4.78, 5) is 9.58. The van der Waals surface area contributed by atoms with E-state index in [0.29, 0.717) is 35.3 Å². The van der Waals surface area contributed by atoms with Crippen LogP contribution in [0.25, 0.3) is 10.9 Å². The van der Waals surface area contributed by atoms with Gasteiger partial charge in [0.05, 0.1) is 32.6 Å². The van der Waals surface area contributed by atoms with Gasteiger partial charge in [0.2, 0.25) is 0 Å². The Morgan fingerprint density at radius 1 is 0.865 bits per heavy atom. The van der Waals surface area contributed by atoms with Crippen LogP contribution in [0.15, 0.2) is 89.0 Å². The van der Waals surface area contributed by atoms with Crippen molar-refractivity contribution in [1.82, 2.24) is 10.4 Å². The van der Waals surface area contributed by atoms with Crippen LogP contribution in [0.1, 0.15) is 37.4 Å².